The summed E-state index contributed by atoms with van der Waals surface area (Å²) in [4.78, 5) is 26.1. The summed E-state index contributed by atoms with van der Waals surface area (Å²) in [7, 11) is 0. The second-order valence-electron chi connectivity index (χ2n) is 7.88. The van der Waals surface area contributed by atoms with Crippen LogP contribution in [0.2, 0.25) is 0 Å². The Morgan fingerprint density at radius 3 is 2.93 bits per heavy atom. The Labute approximate surface area is 172 Å². The highest BCUT2D eigenvalue weighted by Crippen LogP contribution is 2.37. The van der Waals surface area contributed by atoms with E-state index >= 15 is 0 Å². The zero-order chi connectivity index (χ0) is 20.2. The van der Waals surface area contributed by atoms with Gasteiger partial charge in [-0.3, -0.25) is 10.1 Å². The van der Waals surface area contributed by atoms with Gasteiger partial charge in [0.25, 0.3) is 5.91 Å². The van der Waals surface area contributed by atoms with Crippen LogP contribution in [0.15, 0.2) is 42.6 Å². The molecule has 6 nitrogen and oxygen atoms in total. The van der Waals surface area contributed by atoms with Gasteiger partial charge in [-0.25, -0.2) is 9.97 Å². The Bertz CT molecular complexity index is 1250. The van der Waals surface area contributed by atoms with Crippen LogP contribution >= 0.6 is 11.3 Å². The van der Waals surface area contributed by atoms with Gasteiger partial charge in [-0.15, -0.1) is 11.3 Å². The minimum absolute atomic E-state index is 0.186. The van der Waals surface area contributed by atoms with E-state index in [9.17, 15) is 4.79 Å². The molecule has 146 valence electrons. The number of rotatable bonds is 3. The number of para-hydroxylation sites is 1. The second kappa shape index (κ2) is 6.42. The maximum absolute atomic E-state index is 12.8. The lowest BCUT2D eigenvalue weighted by Crippen LogP contribution is -2.24. The predicted molar refractivity (Wildman–Crippen MR) is 115 cm³/mol. The fourth-order valence-electron chi connectivity index (χ4n) is 3.69. The van der Waals surface area contributed by atoms with Crippen molar-refractivity contribution in [1.29, 1.82) is 0 Å². The Hall–Kier alpha value is -3.19. The molecule has 3 heterocycles. The Morgan fingerprint density at radius 2 is 2.14 bits per heavy atom. The third-order valence-corrected chi connectivity index (χ3v) is 5.76. The zero-order valence-corrected chi connectivity index (χ0v) is 17.2. The monoisotopic (exact) mass is 404 g/mol. The van der Waals surface area contributed by atoms with Gasteiger partial charge in [0.1, 0.15) is 22.7 Å². The molecule has 4 aromatic rings. The van der Waals surface area contributed by atoms with E-state index in [-0.39, 0.29) is 11.5 Å². The predicted octanol–water partition coefficient (Wildman–Crippen LogP) is 4.96. The fraction of sp³-hybridized carbons (Fsp3) is 0.227. The van der Waals surface area contributed by atoms with Crippen molar-refractivity contribution >= 4 is 33.4 Å². The normalized spacial score (nSPS) is 14.6. The fourth-order valence-corrected chi connectivity index (χ4v) is 4.35. The van der Waals surface area contributed by atoms with Gasteiger partial charge in [-0.2, -0.15) is 0 Å². The SMILES string of the molecule is Cc1cnc(NC(=O)c2cccc3[nH]c(-c4ccc5c(c4)CC(C)(C)O5)nc23)s1. The van der Waals surface area contributed by atoms with E-state index in [0.29, 0.717) is 16.2 Å². The molecule has 1 aliphatic heterocycles. The number of hydrogen-bond donors (Lipinski definition) is 2. The summed E-state index contributed by atoms with van der Waals surface area (Å²) in [6.07, 6.45) is 2.60. The number of thiazole rings is 1. The number of aromatic nitrogens is 3. The number of fused-ring (bicyclic) bond motifs is 2. The topological polar surface area (TPSA) is 79.9 Å². The van der Waals surface area contributed by atoms with Gasteiger partial charge in [0.2, 0.25) is 0 Å². The Kier molecular flexibility index (Phi) is 3.96. The number of imidazole rings is 1. The van der Waals surface area contributed by atoms with Crippen molar-refractivity contribution in [3.63, 3.8) is 0 Å². The average molecular weight is 404 g/mol. The average Bonchev–Trinajstić information content (AvgIpc) is 3.35. The molecule has 0 fully saturated rings. The summed E-state index contributed by atoms with van der Waals surface area (Å²) in [5.74, 6) is 1.44. The third kappa shape index (κ3) is 3.27. The van der Waals surface area contributed by atoms with Crippen LogP contribution in [0.5, 0.6) is 5.75 Å². The standard InChI is InChI=1S/C22H20N4O2S/c1-12-11-23-21(29-12)26-20(27)15-5-4-6-16-18(15)25-19(24-16)13-7-8-17-14(9-13)10-22(2,3)28-17/h4-9,11H,10H2,1-3H3,(H,24,25)(H,23,26,27). The van der Waals surface area contributed by atoms with Crippen LogP contribution in [-0.4, -0.2) is 26.5 Å². The number of anilines is 1. The van der Waals surface area contributed by atoms with Crippen molar-refractivity contribution in [3.05, 3.63) is 58.6 Å². The number of ether oxygens (including phenoxy) is 1. The number of carbonyl (C=O) groups excluding carboxylic acids is 1. The summed E-state index contributed by atoms with van der Waals surface area (Å²) in [6.45, 7) is 6.13. The number of nitrogens with zero attached hydrogens (tertiary/aromatic N) is 2. The minimum Gasteiger partial charge on any atom is -0.487 e. The number of H-pyrrole nitrogens is 1. The zero-order valence-electron chi connectivity index (χ0n) is 16.4. The first kappa shape index (κ1) is 17.9. The Morgan fingerprint density at radius 1 is 1.28 bits per heavy atom. The van der Waals surface area contributed by atoms with Gasteiger partial charge in [-0.05, 0) is 56.7 Å². The van der Waals surface area contributed by atoms with Gasteiger partial charge in [0, 0.05) is 23.1 Å². The molecule has 0 radical (unpaired) electrons. The van der Waals surface area contributed by atoms with Crippen molar-refractivity contribution in [3.8, 4) is 17.1 Å². The lowest BCUT2D eigenvalue weighted by atomic mass is 10.00. The Balaban J connectivity index is 1.50. The van der Waals surface area contributed by atoms with Crippen LogP contribution in [0.25, 0.3) is 22.4 Å². The molecule has 0 aliphatic carbocycles. The minimum atomic E-state index is -0.216. The first-order chi connectivity index (χ1) is 13.9. The quantitative estimate of drug-likeness (QED) is 0.506. The van der Waals surface area contributed by atoms with E-state index in [1.807, 2.05) is 31.2 Å². The smallest absolute Gasteiger partial charge is 0.259 e. The number of hydrogen-bond acceptors (Lipinski definition) is 5. The first-order valence-corrected chi connectivity index (χ1v) is 10.2. The molecule has 0 saturated carbocycles. The summed E-state index contributed by atoms with van der Waals surface area (Å²) in [5.41, 5.74) is 3.94. The van der Waals surface area contributed by atoms with Crippen LogP contribution in [0.4, 0.5) is 5.13 Å². The molecular formula is C22H20N4O2S. The number of carbonyl (C=O) groups is 1. The van der Waals surface area contributed by atoms with Crippen LogP contribution in [0, 0.1) is 6.92 Å². The lowest BCUT2D eigenvalue weighted by Gasteiger charge is -2.16. The second-order valence-corrected chi connectivity index (χ2v) is 9.11. The lowest BCUT2D eigenvalue weighted by molar-refractivity contribution is 0.102. The van der Waals surface area contributed by atoms with E-state index in [1.54, 1.807) is 12.3 Å². The summed E-state index contributed by atoms with van der Waals surface area (Å²) in [5, 5.41) is 3.45. The van der Waals surface area contributed by atoms with E-state index < -0.39 is 0 Å². The number of benzene rings is 2. The van der Waals surface area contributed by atoms with E-state index in [4.69, 9.17) is 9.72 Å². The molecule has 0 saturated heterocycles. The molecule has 0 spiro atoms. The van der Waals surface area contributed by atoms with Gasteiger partial charge in [0.15, 0.2) is 5.13 Å². The number of aromatic amines is 1. The van der Waals surface area contributed by atoms with Crippen molar-refractivity contribution in [2.45, 2.75) is 32.8 Å². The van der Waals surface area contributed by atoms with Gasteiger partial charge in [0.05, 0.1) is 11.1 Å². The van der Waals surface area contributed by atoms with Crippen LogP contribution < -0.4 is 10.1 Å². The van der Waals surface area contributed by atoms with E-state index in [0.717, 1.165) is 34.0 Å². The summed E-state index contributed by atoms with van der Waals surface area (Å²) in [6, 6.07) is 11.7. The number of amides is 1. The van der Waals surface area contributed by atoms with Crippen molar-refractivity contribution in [2.75, 3.05) is 5.32 Å². The number of aryl methyl sites for hydroxylation is 1. The molecule has 7 heteroatoms. The van der Waals surface area contributed by atoms with Gasteiger partial charge in [-0.1, -0.05) is 6.07 Å². The molecular weight excluding hydrogens is 384 g/mol. The highest BCUT2D eigenvalue weighted by Gasteiger charge is 2.30. The molecule has 1 aliphatic rings. The highest BCUT2D eigenvalue weighted by molar-refractivity contribution is 7.15. The molecule has 0 bridgehead atoms. The number of nitrogens with one attached hydrogen (secondary N) is 2. The van der Waals surface area contributed by atoms with Crippen molar-refractivity contribution in [2.24, 2.45) is 0 Å². The molecule has 0 atom stereocenters. The van der Waals surface area contributed by atoms with Gasteiger partial charge >= 0.3 is 0 Å². The van der Waals surface area contributed by atoms with Crippen LogP contribution in [-0.2, 0) is 6.42 Å². The van der Waals surface area contributed by atoms with Crippen molar-refractivity contribution < 1.29 is 9.53 Å². The largest absolute Gasteiger partial charge is 0.487 e. The summed E-state index contributed by atoms with van der Waals surface area (Å²) >= 11 is 1.45. The summed E-state index contributed by atoms with van der Waals surface area (Å²) < 4.78 is 5.96. The molecule has 5 rings (SSSR count). The van der Waals surface area contributed by atoms with E-state index in [1.165, 1.54) is 16.9 Å². The highest BCUT2D eigenvalue weighted by atomic mass is 32.1. The molecule has 0 unspecified atom stereocenters. The van der Waals surface area contributed by atoms with Crippen LogP contribution in [0.3, 0.4) is 0 Å². The maximum atomic E-state index is 12.8. The molecule has 2 aromatic carbocycles. The molecule has 1 amide bonds. The van der Waals surface area contributed by atoms with Gasteiger partial charge < -0.3 is 9.72 Å². The maximum Gasteiger partial charge on any atom is 0.259 e. The van der Waals surface area contributed by atoms with Crippen molar-refractivity contribution in [1.82, 2.24) is 15.0 Å². The third-order valence-electron chi connectivity index (χ3n) is 4.94. The van der Waals surface area contributed by atoms with Crippen LogP contribution in [0.1, 0.15) is 34.6 Å². The van der Waals surface area contributed by atoms with E-state index in [2.05, 4.69) is 35.2 Å². The molecule has 2 N–H and O–H groups in total. The molecule has 29 heavy (non-hydrogen) atoms. The first-order valence-electron chi connectivity index (χ1n) is 9.43. The molecule has 2 aromatic heterocycles.